The number of para-hydroxylation sites is 1. The van der Waals surface area contributed by atoms with Gasteiger partial charge in [-0.25, -0.2) is 9.07 Å². The smallest absolute Gasteiger partial charge is 0.128 e. The lowest BCUT2D eigenvalue weighted by atomic mass is 10.1. The molecule has 21 heavy (non-hydrogen) atoms. The van der Waals surface area contributed by atoms with Gasteiger partial charge in [-0.2, -0.15) is 5.10 Å². The quantitative estimate of drug-likeness (QED) is 0.590. The number of benzene rings is 2. The van der Waals surface area contributed by atoms with Gasteiger partial charge in [0.2, 0.25) is 0 Å². The SMILES string of the molecule is Fc1ccc(Br)cc1C(Cl)c1cnn(-c2ccccc2)c1. The predicted octanol–water partition coefficient (Wildman–Crippen LogP) is 5.10. The second kappa shape index (κ2) is 6.00. The minimum Gasteiger partial charge on any atom is -0.241 e. The molecule has 0 aliphatic carbocycles. The summed E-state index contributed by atoms with van der Waals surface area (Å²) in [6, 6.07) is 14.4. The average Bonchev–Trinajstić information content (AvgIpc) is 3.00. The first-order valence-corrected chi connectivity index (χ1v) is 7.57. The Morgan fingerprint density at radius 1 is 1.14 bits per heavy atom. The van der Waals surface area contributed by atoms with E-state index in [1.54, 1.807) is 23.0 Å². The van der Waals surface area contributed by atoms with Crippen LogP contribution in [0.3, 0.4) is 0 Å². The van der Waals surface area contributed by atoms with Crippen molar-refractivity contribution in [3.05, 3.63) is 82.3 Å². The molecule has 106 valence electrons. The summed E-state index contributed by atoms with van der Waals surface area (Å²) in [5, 5.41) is 3.70. The molecule has 1 atom stereocenters. The maximum atomic E-state index is 13.9. The Balaban J connectivity index is 1.94. The molecule has 1 aromatic heterocycles. The van der Waals surface area contributed by atoms with E-state index in [9.17, 15) is 4.39 Å². The third kappa shape index (κ3) is 3.01. The van der Waals surface area contributed by atoms with E-state index >= 15 is 0 Å². The van der Waals surface area contributed by atoms with Crippen LogP contribution in [0.25, 0.3) is 5.69 Å². The molecule has 0 saturated carbocycles. The second-order valence-electron chi connectivity index (χ2n) is 4.58. The first-order valence-electron chi connectivity index (χ1n) is 6.34. The third-order valence-corrected chi connectivity index (χ3v) is 4.13. The molecule has 1 heterocycles. The van der Waals surface area contributed by atoms with Crippen molar-refractivity contribution in [1.82, 2.24) is 9.78 Å². The summed E-state index contributed by atoms with van der Waals surface area (Å²) in [4.78, 5) is 0. The topological polar surface area (TPSA) is 17.8 Å². The van der Waals surface area contributed by atoms with Crippen LogP contribution < -0.4 is 0 Å². The van der Waals surface area contributed by atoms with Gasteiger partial charge in [0.15, 0.2) is 0 Å². The van der Waals surface area contributed by atoms with Crippen LogP contribution in [0.1, 0.15) is 16.5 Å². The number of aromatic nitrogens is 2. The maximum absolute atomic E-state index is 13.9. The zero-order valence-electron chi connectivity index (χ0n) is 10.9. The first-order chi connectivity index (χ1) is 10.1. The highest BCUT2D eigenvalue weighted by molar-refractivity contribution is 9.10. The van der Waals surface area contributed by atoms with Gasteiger partial charge < -0.3 is 0 Å². The molecule has 3 rings (SSSR count). The Kier molecular flexibility index (Phi) is 4.08. The standard InChI is InChI=1S/C16H11BrClFN2/c17-12-6-7-15(19)14(8-12)16(18)11-9-20-21(10-11)13-4-2-1-3-5-13/h1-10,16H. The Morgan fingerprint density at radius 2 is 1.90 bits per heavy atom. The summed E-state index contributed by atoms with van der Waals surface area (Å²) in [5.74, 6) is -0.328. The number of hydrogen-bond acceptors (Lipinski definition) is 1. The van der Waals surface area contributed by atoms with Crippen molar-refractivity contribution in [3.63, 3.8) is 0 Å². The third-order valence-electron chi connectivity index (χ3n) is 3.15. The number of nitrogens with zero attached hydrogens (tertiary/aromatic N) is 2. The van der Waals surface area contributed by atoms with Gasteiger partial charge in [-0.15, -0.1) is 11.6 Å². The van der Waals surface area contributed by atoms with E-state index in [2.05, 4.69) is 21.0 Å². The average molecular weight is 366 g/mol. The van der Waals surface area contributed by atoms with Crippen molar-refractivity contribution in [2.24, 2.45) is 0 Å². The van der Waals surface area contributed by atoms with Gasteiger partial charge in [0.05, 0.1) is 17.3 Å². The molecule has 5 heteroatoms. The molecule has 0 fully saturated rings. The number of halogens is 3. The molecule has 1 unspecified atom stereocenters. The molecule has 0 saturated heterocycles. The van der Waals surface area contributed by atoms with Crippen LogP contribution in [0.5, 0.6) is 0 Å². The van der Waals surface area contributed by atoms with E-state index in [-0.39, 0.29) is 5.82 Å². The van der Waals surface area contributed by atoms with Gasteiger partial charge >= 0.3 is 0 Å². The molecular weight excluding hydrogens is 355 g/mol. The van der Waals surface area contributed by atoms with Crippen LogP contribution >= 0.6 is 27.5 Å². The van der Waals surface area contributed by atoms with Gasteiger partial charge in [0.25, 0.3) is 0 Å². The molecule has 2 aromatic carbocycles. The molecular formula is C16H11BrClFN2. The highest BCUT2D eigenvalue weighted by Gasteiger charge is 2.17. The molecule has 2 nitrogen and oxygen atoms in total. The van der Waals surface area contributed by atoms with Gasteiger partial charge in [-0.05, 0) is 30.3 Å². The highest BCUT2D eigenvalue weighted by Crippen LogP contribution is 2.32. The van der Waals surface area contributed by atoms with Crippen molar-refractivity contribution in [1.29, 1.82) is 0 Å². The molecule has 0 spiro atoms. The fraction of sp³-hybridized carbons (Fsp3) is 0.0625. The Labute approximate surface area is 135 Å². The molecule has 0 radical (unpaired) electrons. The van der Waals surface area contributed by atoms with Crippen LogP contribution in [-0.4, -0.2) is 9.78 Å². The molecule has 0 aliphatic heterocycles. The normalized spacial score (nSPS) is 12.3. The van der Waals surface area contributed by atoms with Crippen LogP contribution in [0.15, 0.2) is 65.4 Å². The van der Waals surface area contributed by atoms with Gasteiger partial charge in [-0.3, -0.25) is 0 Å². The number of alkyl halides is 1. The lowest BCUT2D eigenvalue weighted by molar-refractivity contribution is 0.612. The number of hydrogen-bond donors (Lipinski definition) is 0. The summed E-state index contributed by atoms with van der Waals surface area (Å²) in [5.41, 5.74) is 2.11. The van der Waals surface area contributed by atoms with E-state index < -0.39 is 5.38 Å². The minimum atomic E-state index is -0.583. The maximum Gasteiger partial charge on any atom is 0.128 e. The van der Waals surface area contributed by atoms with E-state index in [1.807, 2.05) is 36.5 Å². The lowest BCUT2D eigenvalue weighted by Gasteiger charge is -2.09. The zero-order chi connectivity index (χ0) is 14.8. The van der Waals surface area contributed by atoms with Gasteiger partial charge in [0.1, 0.15) is 5.82 Å². The molecule has 0 bridgehead atoms. The monoisotopic (exact) mass is 364 g/mol. The summed E-state index contributed by atoms with van der Waals surface area (Å²) >= 11 is 9.73. The van der Waals surface area contributed by atoms with Crippen molar-refractivity contribution in [2.45, 2.75) is 5.38 Å². The van der Waals surface area contributed by atoms with Gasteiger partial charge in [-0.1, -0.05) is 34.1 Å². The van der Waals surface area contributed by atoms with Crippen molar-refractivity contribution < 1.29 is 4.39 Å². The molecule has 0 amide bonds. The summed E-state index contributed by atoms with van der Waals surface area (Å²) in [6.45, 7) is 0. The predicted molar refractivity (Wildman–Crippen MR) is 85.4 cm³/mol. The van der Waals surface area contributed by atoms with Crippen LogP contribution in [0.2, 0.25) is 0 Å². The van der Waals surface area contributed by atoms with Crippen molar-refractivity contribution in [3.8, 4) is 5.69 Å². The van der Waals surface area contributed by atoms with Crippen molar-refractivity contribution in [2.75, 3.05) is 0 Å². The Bertz CT molecular complexity index is 758. The van der Waals surface area contributed by atoms with Gasteiger partial charge in [0, 0.05) is 21.8 Å². The number of rotatable bonds is 3. The van der Waals surface area contributed by atoms with Crippen LogP contribution in [0, 0.1) is 5.82 Å². The fourth-order valence-corrected chi connectivity index (χ4v) is 2.74. The fourth-order valence-electron chi connectivity index (χ4n) is 2.08. The van der Waals surface area contributed by atoms with E-state index in [0.29, 0.717) is 5.56 Å². The summed E-state index contributed by atoms with van der Waals surface area (Å²) in [7, 11) is 0. The Hall–Kier alpha value is -1.65. The largest absolute Gasteiger partial charge is 0.241 e. The van der Waals surface area contributed by atoms with Crippen LogP contribution in [-0.2, 0) is 0 Å². The van der Waals surface area contributed by atoms with E-state index in [0.717, 1.165) is 15.7 Å². The lowest BCUT2D eigenvalue weighted by Crippen LogP contribution is -1.96. The zero-order valence-corrected chi connectivity index (χ0v) is 13.2. The minimum absolute atomic E-state index is 0.328. The van der Waals surface area contributed by atoms with E-state index in [1.165, 1.54) is 6.07 Å². The summed E-state index contributed by atoms with van der Waals surface area (Å²) in [6.07, 6.45) is 3.47. The van der Waals surface area contributed by atoms with Crippen LogP contribution in [0.4, 0.5) is 4.39 Å². The highest BCUT2D eigenvalue weighted by atomic mass is 79.9. The van der Waals surface area contributed by atoms with E-state index in [4.69, 9.17) is 11.6 Å². The summed E-state index contributed by atoms with van der Waals surface area (Å²) < 4.78 is 16.4. The first kappa shape index (κ1) is 14.3. The second-order valence-corrected chi connectivity index (χ2v) is 5.93. The van der Waals surface area contributed by atoms with Crippen molar-refractivity contribution >= 4 is 27.5 Å². The molecule has 3 aromatic rings. The Morgan fingerprint density at radius 3 is 2.67 bits per heavy atom. The molecule has 0 N–H and O–H groups in total. The molecule has 0 aliphatic rings.